The molecule has 27 heavy (non-hydrogen) atoms. The molecule has 7 heteroatoms. The average molecular weight is 409 g/mol. The van der Waals surface area contributed by atoms with Gasteiger partial charge < -0.3 is 15.0 Å². The van der Waals surface area contributed by atoms with Gasteiger partial charge in [-0.15, -0.1) is 0 Å². The number of amides is 2. The van der Waals surface area contributed by atoms with Crippen LogP contribution in [0.25, 0.3) is 0 Å². The van der Waals surface area contributed by atoms with E-state index in [1.807, 2.05) is 24.3 Å². The molecule has 5 nitrogen and oxygen atoms in total. The number of likely N-dealkylation sites (N-methyl/N-ethyl adjacent to an activating group) is 1. The van der Waals surface area contributed by atoms with E-state index in [9.17, 15) is 9.59 Å². The van der Waals surface area contributed by atoms with E-state index in [2.05, 4.69) is 5.32 Å². The largest absolute Gasteiger partial charge is 0.497 e. The third-order valence-corrected chi connectivity index (χ3v) is 5.00. The van der Waals surface area contributed by atoms with Gasteiger partial charge in [-0.05, 0) is 42.3 Å². The van der Waals surface area contributed by atoms with Crippen LogP contribution in [0.15, 0.2) is 42.5 Å². The normalized spacial score (nSPS) is 11.6. The molecule has 2 rings (SSSR count). The van der Waals surface area contributed by atoms with Gasteiger partial charge >= 0.3 is 0 Å². The van der Waals surface area contributed by atoms with E-state index >= 15 is 0 Å². The number of hydrogen-bond donors (Lipinski definition) is 1. The zero-order valence-corrected chi connectivity index (χ0v) is 17.0. The molecule has 1 atom stereocenters. The second-order valence-corrected chi connectivity index (χ2v) is 6.85. The number of carbonyl (C=O) groups excluding carboxylic acids is 2. The van der Waals surface area contributed by atoms with E-state index in [4.69, 9.17) is 27.9 Å². The topological polar surface area (TPSA) is 58.6 Å². The summed E-state index contributed by atoms with van der Waals surface area (Å²) in [6.45, 7) is 1.94. The van der Waals surface area contributed by atoms with E-state index in [0.29, 0.717) is 21.4 Å². The first kappa shape index (κ1) is 21.1. The van der Waals surface area contributed by atoms with Gasteiger partial charge in [0.2, 0.25) is 11.8 Å². The summed E-state index contributed by atoms with van der Waals surface area (Å²) in [5.74, 6) is 0.182. The van der Waals surface area contributed by atoms with Crippen molar-refractivity contribution in [1.82, 2.24) is 10.2 Å². The summed E-state index contributed by atoms with van der Waals surface area (Å²) >= 11 is 12.4. The quantitative estimate of drug-likeness (QED) is 0.759. The highest BCUT2D eigenvalue weighted by molar-refractivity contribution is 6.36. The fourth-order valence-electron chi connectivity index (χ4n) is 2.71. The first-order chi connectivity index (χ1) is 12.9. The molecule has 0 aliphatic heterocycles. The van der Waals surface area contributed by atoms with Crippen LogP contribution in [-0.4, -0.2) is 36.9 Å². The molecule has 2 aromatic rings. The molecule has 2 aromatic carbocycles. The van der Waals surface area contributed by atoms with Crippen molar-refractivity contribution in [3.8, 4) is 5.75 Å². The Kier molecular flexibility index (Phi) is 7.51. The number of benzene rings is 2. The zero-order chi connectivity index (χ0) is 20.0. The Morgan fingerprint density at radius 1 is 1.15 bits per heavy atom. The molecule has 0 fully saturated rings. The van der Waals surface area contributed by atoms with Crippen LogP contribution in [0.1, 0.15) is 18.1 Å². The lowest BCUT2D eigenvalue weighted by atomic mass is 10.1. The van der Waals surface area contributed by atoms with Gasteiger partial charge in [0, 0.05) is 23.6 Å². The van der Waals surface area contributed by atoms with E-state index in [1.54, 1.807) is 32.2 Å². The monoisotopic (exact) mass is 408 g/mol. The van der Waals surface area contributed by atoms with Gasteiger partial charge in [-0.2, -0.15) is 0 Å². The molecule has 1 N–H and O–H groups in total. The molecule has 2 amide bonds. The zero-order valence-electron chi connectivity index (χ0n) is 15.5. The SMILES string of the molecule is CNC(=O)C(C)N(Cc1cccc(OC)c1)C(=O)Cc1c(Cl)cccc1Cl. The van der Waals surface area contributed by atoms with Crippen molar-refractivity contribution >= 4 is 35.0 Å². The van der Waals surface area contributed by atoms with Crippen molar-refractivity contribution in [2.45, 2.75) is 25.9 Å². The first-order valence-electron chi connectivity index (χ1n) is 8.44. The maximum Gasteiger partial charge on any atom is 0.242 e. The molecule has 0 bridgehead atoms. The highest BCUT2D eigenvalue weighted by Crippen LogP contribution is 2.26. The van der Waals surface area contributed by atoms with Crippen LogP contribution in [0.4, 0.5) is 0 Å². The van der Waals surface area contributed by atoms with Crippen LogP contribution in [0.2, 0.25) is 10.0 Å². The van der Waals surface area contributed by atoms with Crippen LogP contribution in [-0.2, 0) is 22.6 Å². The van der Waals surface area contributed by atoms with Gasteiger partial charge in [0.15, 0.2) is 0 Å². The van der Waals surface area contributed by atoms with Gasteiger partial charge in [-0.1, -0.05) is 41.4 Å². The Bertz CT molecular complexity index is 806. The molecule has 0 radical (unpaired) electrons. The number of hydrogen-bond acceptors (Lipinski definition) is 3. The van der Waals surface area contributed by atoms with E-state index in [1.165, 1.54) is 11.9 Å². The summed E-state index contributed by atoms with van der Waals surface area (Å²) in [6.07, 6.45) is 0.00378. The van der Waals surface area contributed by atoms with E-state index in [-0.39, 0.29) is 24.8 Å². The first-order valence-corrected chi connectivity index (χ1v) is 9.19. The summed E-state index contributed by atoms with van der Waals surface area (Å²) in [5.41, 5.74) is 1.40. The second kappa shape index (κ2) is 9.62. The Morgan fingerprint density at radius 2 is 1.78 bits per heavy atom. The van der Waals surface area contributed by atoms with E-state index in [0.717, 1.165) is 5.56 Å². The summed E-state index contributed by atoms with van der Waals surface area (Å²) < 4.78 is 5.24. The Balaban J connectivity index is 2.31. The molecule has 0 saturated carbocycles. The van der Waals surface area contributed by atoms with E-state index < -0.39 is 6.04 Å². The second-order valence-electron chi connectivity index (χ2n) is 6.04. The van der Waals surface area contributed by atoms with Crippen molar-refractivity contribution in [2.75, 3.05) is 14.2 Å². The average Bonchev–Trinajstić information content (AvgIpc) is 2.67. The number of rotatable bonds is 7. The van der Waals surface area contributed by atoms with Gasteiger partial charge in [-0.25, -0.2) is 0 Å². The third kappa shape index (κ3) is 5.37. The minimum absolute atomic E-state index is 0.00378. The summed E-state index contributed by atoms with van der Waals surface area (Å²) in [7, 11) is 3.12. The molecule has 0 spiro atoms. The number of halogens is 2. The molecule has 0 heterocycles. The number of ether oxygens (including phenoxy) is 1. The van der Waals surface area contributed by atoms with Gasteiger partial charge in [0.1, 0.15) is 11.8 Å². The maximum absolute atomic E-state index is 13.0. The van der Waals surface area contributed by atoms with Crippen LogP contribution in [0.3, 0.4) is 0 Å². The third-order valence-electron chi connectivity index (χ3n) is 4.29. The summed E-state index contributed by atoms with van der Waals surface area (Å²) in [4.78, 5) is 26.7. The van der Waals surface area contributed by atoms with Crippen molar-refractivity contribution in [1.29, 1.82) is 0 Å². The van der Waals surface area contributed by atoms with Crippen LogP contribution in [0, 0.1) is 0 Å². The van der Waals surface area contributed by atoms with Crippen molar-refractivity contribution in [3.63, 3.8) is 0 Å². The predicted octanol–water partition coefficient (Wildman–Crippen LogP) is 3.71. The minimum Gasteiger partial charge on any atom is -0.497 e. The van der Waals surface area contributed by atoms with Crippen molar-refractivity contribution < 1.29 is 14.3 Å². The molecule has 1 unspecified atom stereocenters. The molecular weight excluding hydrogens is 387 g/mol. The van der Waals surface area contributed by atoms with Crippen LogP contribution >= 0.6 is 23.2 Å². The van der Waals surface area contributed by atoms with Gasteiger partial charge in [0.25, 0.3) is 0 Å². The number of nitrogens with one attached hydrogen (secondary N) is 1. The maximum atomic E-state index is 13.0. The highest BCUT2D eigenvalue weighted by atomic mass is 35.5. The lowest BCUT2D eigenvalue weighted by molar-refractivity contribution is -0.139. The fraction of sp³-hybridized carbons (Fsp3) is 0.300. The fourth-order valence-corrected chi connectivity index (χ4v) is 3.24. The molecule has 0 aliphatic carbocycles. The number of nitrogens with zero attached hydrogens (tertiary/aromatic N) is 1. The molecule has 0 saturated heterocycles. The van der Waals surface area contributed by atoms with Crippen molar-refractivity contribution in [3.05, 3.63) is 63.6 Å². The van der Waals surface area contributed by atoms with Gasteiger partial charge in [-0.3, -0.25) is 9.59 Å². The van der Waals surface area contributed by atoms with Crippen molar-refractivity contribution in [2.24, 2.45) is 0 Å². The smallest absolute Gasteiger partial charge is 0.242 e. The molecule has 0 aliphatic rings. The summed E-state index contributed by atoms with van der Waals surface area (Å²) in [5, 5.41) is 3.43. The Hall–Kier alpha value is -2.24. The Labute approximate surface area is 169 Å². The highest BCUT2D eigenvalue weighted by Gasteiger charge is 2.26. The van der Waals surface area contributed by atoms with Gasteiger partial charge in [0.05, 0.1) is 13.5 Å². The lowest BCUT2D eigenvalue weighted by Gasteiger charge is -2.29. The number of methoxy groups -OCH3 is 1. The van der Waals surface area contributed by atoms with Crippen LogP contribution < -0.4 is 10.1 Å². The molecular formula is C20H22Cl2N2O3. The van der Waals surface area contributed by atoms with Crippen LogP contribution in [0.5, 0.6) is 5.75 Å². The number of carbonyl (C=O) groups is 2. The summed E-state index contributed by atoms with van der Waals surface area (Å²) in [6, 6.07) is 11.8. The predicted molar refractivity (Wildman–Crippen MR) is 107 cm³/mol. The standard InChI is InChI=1S/C20H22Cl2N2O3/c1-13(20(26)23-2)24(12-14-6-4-7-15(10-14)27-3)19(25)11-16-17(21)8-5-9-18(16)22/h4-10,13H,11-12H2,1-3H3,(H,23,26). The Morgan fingerprint density at radius 3 is 2.37 bits per heavy atom. The molecule has 144 valence electrons. The minimum atomic E-state index is -0.657. The lowest BCUT2D eigenvalue weighted by Crippen LogP contribution is -2.47. The molecule has 0 aromatic heterocycles.